The summed E-state index contributed by atoms with van der Waals surface area (Å²) in [6.07, 6.45) is -0.340. The van der Waals surface area contributed by atoms with Crippen LogP contribution in [-0.2, 0) is 4.74 Å². The van der Waals surface area contributed by atoms with Crippen molar-refractivity contribution in [2.45, 2.75) is 12.2 Å². The van der Waals surface area contributed by atoms with Crippen LogP contribution >= 0.6 is 0 Å². The maximum absolute atomic E-state index is 9.92. The SMILES string of the molecule is Oc1ccccc1O[C@H](c1ccccc1)[C@@H]1CNCCO1. The summed E-state index contributed by atoms with van der Waals surface area (Å²) in [5.74, 6) is 0.614. The zero-order valence-corrected chi connectivity index (χ0v) is 11.7. The van der Waals surface area contributed by atoms with Crippen LogP contribution in [0, 0.1) is 0 Å². The van der Waals surface area contributed by atoms with Crippen LogP contribution in [-0.4, -0.2) is 30.9 Å². The van der Waals surface area contributed by atoms with Crippen molar-refractivity contribution in [2.24, 2.45) is 0 Å². The van der Waals surface area contributed by atoms with Crippen molar-refractivity contribution in [3.8, 4) is 11.5 Å². The summed E-state index contributed by atoms with van der Waals surface area (Å²) in [6.45, 7) is 2.25. The lowest BCUT2D eigenvalue weighted by atomic mass is 10.0. The van der Waals surface area contributed by atoms with Gasteiger partial charge in [-0.3, -0.25) is 0 Å². The second-order valence-corrected chi connectivity index (χ2v) is 5.03. The fourth-order valence-corrected chi connectivity index (χ4v) is 2.48. The van der Waals surface area contributed by atoms with E-state index >= 15 is 0 Å². The number of hydrogen-bond acceptors (Lipinski definition) is 4. The lowest BCUT2D eigenvalue weighted by Crippen LogP contribution is -2.43. The van der Waals surface area contributed by atoms with Gasteiger partial charge in [0.2, 0.25) is 0 Å². The van der Waals surface area contributed by atoms with Crippen molar-refractivity contribution in [3.63, 3.8) is 0 Å². The first-order chi connectivity index (χ1) is 10.3. The average Bonchev–Trinajstić information content (AvgIpc) is 2.56. The van der Waals surface area contributed by atoms with Crippen molar-refractivity contribution in [3.05, 3.63) is 60.2 Å². The van der Waals surface area contributed by atoms with Crippen molar-refractivity contribution in [1.29, 1.82) is 0 Å². The van der Waals surface area contributed by atoms with Crippen LogP contribution in [0.25, 0.3) is 0 Å². The van der Waals surface area contributed by atoms with E-state index in [0.29, 0.717) is 12.4 Å². The molecule has 2 aromatic rings. The molecule has 2 aromatic carbocycles. The van der Waals surface area contributed by atoms with E-state index in [1.54, 1.807) is 18.2 Å². The summed E-state index contributed by atoms with van der Waals surface area (Å²) in [7, 11) is 0. The summed E-state index contributed by atoms with van der Waals surface area (Å²) in [4.78, 5) is 0. The maximum atomic E-state index is 9.92. The smallest absolute Gasteiger partial charge is 0.162 e. The predicted octanol–water partition coefficient (Wildman–Crippen LogP) is 2.50. The van der Waals surface area contributed by atoms with E-state index in [9.17, 15) is 5.11 Å². The number of rotatable bonds is 4. The largest absolute Gasteiger partial charge is 0.504 e. The van der Waals surface area contributed by atoms with Crippen molar-refractivity contribution >= 4 is 0 Å². The molecule has 1 aliphatic rings. The summed E-state index contributed by atoms with van der Waals surface area (Å²) >= 11 is 0. The Morgan fingerprint density at radius 3 is 2.57 bits per heavy atom. The fraction of sp³-hybridized carbons (Fsp3) is 0.294. The van der Waals surface area contributed by atoms with Crippen LogP contribution in [0.3, 0.4) is 0 Å². The molecule has 0 aliphatic carbocycles. The molecule has 0 amide bonds. The van der Waals surface area contributed by atoms with Crippen LogP contribution in [0.5, 0.6) is 11.5 Å². The molecule has 0 bridgehead atoms. The monoisotopic (exact) mass is 285 g/mol. The topological polar surface area (TPSA) is 50.7 Å². The Morgan fingerprint density at radius 1 is 1.10 bits per heavy atom. The van der Waals surface area contributed by atoms with Crippen molar-refractivity contribution in [2.75, 3.05) is 19.7 Å². The first-order valence-corrected chi connectivity index (χ1v) is 7.16. The zero-order valence-electron chi connectivity index (χ0n) is 11.7. The van der Waals surface area contributed by atoms with Crippen LogP contribution in [0.15, 0.2) is 54.6 Å². The minimum Gasteiger partial charge on any atom is -0.504 e. The minimum absolute atomic E-state index is 0.0826. The number of phenolic OH excluding ortho intramolecular Hbond substituents is 1. The second-order valence-electron chi connectivity index (χ2n) is 5.03. The van der Waals surface area contributed by atoms with Crippen molar-refractivity contribution in [1.82, 2.24) is 5.32 Å². The molecule has 1 heterocycles. The quantitative estimate of drug-likeness (QED) is 0.906. The summed E-state index contributed by atoms with van der Waals surface area (Å²) in [5.41, 5.74) is 1.04. The van der Waals surface area contributed by atoms with Gasteiger partial charge in [-0.2, -0.15) is 0 Å². The number of phenols is 1. The van der Waals surface area contributed by atoms with Gasteiger partial charge < -0.3 is 19.9 Å². The molecule has 2 N–H and O–H groups in total. The Labute approximate surface area is 124 Å². The van der Waals surface area contributed by atoms with Crippen molar-refractivity contribution < 1.29 is 14.6 Å². The molecule has 1 saturated heterocycles. The van der Waals surface area contributed by atoms with E-state index < -0.39 is 0 Å². The van der Waals surface area contributed by atoms with E-state index in [0.717, 1.165) is 18.7 Å². The molecule has 4 heteroatoms. The molecule has 21 heavy (non-hydrogen) atoms. The van der Waals surface area contributed by atoms with Gasteiger partial charge in [0.25, 0.3) is 0 Å². The molecule has 0 radical (unpaired) electrons. The van der Waals surface area contributed by atoms with Gasteiger partial charge in [-0.25, -0.2) is 0 Å². The number of benzene rings is 2. The fourth-order valence-electron chi connectivity index (χ4n) is 2.48. The summed E-state index contributed by atoms with van der Waals surface area (Å²) < 4.78 is 11.9. The predicted molar refractivity (Wildman–Crippen MR) is 80.5 cm³/mol. The number of morpholine rings is 1. The van der Waals surface area contributed by atoms with Crippen LogP contribution < -0.4 is 10.1 Å². The second kappa shape index (κ2) is 6.61. The lowest BCUT2D eigenvalue weighted by Gasteiger charge is -2.31. The average molecular weight is 285 g/mol. The first-order valence-electron chi connectivity index (χ1n) is 7.16. The molecule has 2 atom stereocenters. The van der Waals surface area contributed by atoms with Gasteiger partial charge in [0.15, 0.2) is 17.6 Å². The maximum Gasteiger partial charge on any atom is 0.162 e. The van der Waals surface area contributed by atoms with E-state index in [1.807, 2.05) is 36.4 Å². The highest BCUT2D eigenvalue weighted by Gasteiger charge is 2.28. The van der Waals surface area contributed by atoms with E-state index in [2.05, 4.69) is 5.32 Å². The Kier molecular flexibility index (Phi) is 4.38. The third-order valence-corrected chi connectivity index (χ3v) is 3.54. The minimum atomic E-state index is -0.257. The Bertz CT molecular complexity index is 567. The lowest BCUT2D eigenvalue weighted by molar-refractivity contribution is -0.0438. The molecule has 0 saturated carbocycles. The zero-order chi connectivity index (χ0) is 14.5. The van der Waals surface area contributed by atoms with Gasteiger partial charge >= 0.3 is 0 Å². The third-order valence-electron chi connectivity index (χ3n) is 3.54. The molecule has 0 aromatic heterocycles. The number of hydrogen-bond donors (Lipinski definition) is 2. The molecule has 110 valence electrons. The normalized spacial score (nSPS) is 19.9. The van der Waals surface area contributed by atoms with Gasteiger partial charge in [0, 0.05) is 13.1 Å². The van der Waals surface area contributed by atoms with Gasteiger partial charge in [0.05, 0.1) is 6.61 Å². The Hall–Kier alpha value is -2.04. The van der Waals surface area contributed by atoms with Crippen LogP contribution in [0.1, 0.15) is 11.7 Å². The Morgan fingerprint density at radius 2 is 1.86 bits per heavy atom. The first kappa shape index (κ1) is 13.9. The number of nitrogens with one attached hydrogen (secondary N) is 1. The van der Waals surface area contributed by atoms with E-state index in [1.165, 1.54) is 0 Å². The molecular formula is C17H19NO3. The van der Waals surface area contributed by atoms with Gasteiger partial charge in [-0.15, -0.1) is 0 Å². The van der Waals surface area contributed by atoms with Gasteiger partial charge in [0.1, 0.15) is 6.10 Å². The highest BCUT2D eigenvalue weighted by atomic mass is 16.5. The molecule has 0 unspecified atom stereocenters. The standard InChI is InChI=1S/C17H19NO3/c19-14-8-4-5-9-15(14)21-17(13-6-2-1-3-7-13)16-12-18-10-11-20-16/h1-9,16-19H,10-12H2/t16-,17+/m0/s1. The molecule has 4 nitrogen and oxygen atoms in total. The van der Waals surface area contributed by atoms with E-state index in [-0.39, 0.29) is 18.0 Å². The number of aromatic hydroxyl groups is 1. The molecular weight excluding hydrogens is 266 g/mol. The van der Waals surface area contributed by atoms with Gasteiger partial charge in [-0.05, 0) is 17.7 Å². The van der Waals surface area contributed by atoms with Crippen LogP contribution in [0.2, 0.25) is 0 Å². The highest BCUT2D eigenvalue weighted by Crippen LogP contribution is 2.32. The van der Waals surface area contributed by atoms with Gasteiger partial charge in [-0.1, -0.05) is 42.5 Å². The summed E-state index contributed by atoms with van der Waals surface area (Å²) in [6, 6.07) is 17.0. The third kappa shape index (κ3) is 3.35. The number of para-hydroxylation sites is 2. The highest BCUT2D eigenvalue weighted by molar-refractivity contribution is 5.38. The molecule has 1 aliphatic heterocycles. The molecule has 3 rings (SSSR count). The molecule has 1 fully saturated rings. The van der Waals surface area contributed by atoms with Crippen LogP contribution in [0.4, 0.5) is 0 Å². The summed E-state index contributed by atoms with van der Waals surface area (Å²) in [5, 5.41) is 13.2. The van der Waals surface area contributed by atoms with E-state index in [4.69, 9.17) is 9.47 Å². The Balaban J connectivity index is 1.87. The number of ether oxygens (including phenoxy) is 2. The molecule has 0 spiro atoms.